The van der Waals surface area contributed by atoms with Crippen LogP contribution in [0.15, 0.2) is 49.1 Å². The molecule has 194 valence electrons. The van der Waals surface area contributed by atoms with Crippen LogP contribution in [0.25, 0.3) is 5.69 Å². The van der Waals surface area contributed by atoms with Crippen molar-refractivity contribution in [2.45, 2.75) is 52.9 Å². The van der Waals surface area contributed by atoms with E-state index >= 15 is 0 Å². The van der Waals surface area contributed by atoms with Crippen molar-refractivity contribution in [1.82, 2.24) is 24.4 Å². The number of rotatable bonds is 6. The Kier molecular flexibility index (Phi) is 8.21. The molecule has 2 amide bonds. The highest BCUT2D eigenvalue weighted by Gasteiger charge is 2.38. The lowest BCUT2D eigenvalue weighted by molar-refractivity contribution is -0.137. The monoisotopic (exact) mass is 503 g/mol. The molecule has 8 nitrogen and oxygen atoms in total. The predicted octanol–water partition coefficient (Wildman–Crippen LogP) is 5.78. The number of amides is 2. The second kappa shape index (κ2) is 11.0. The maximum absolute atomic E-state index is 13.0. The molecule has 1 N–H and O–H groups in total. The summed E-state index contributed by atoms with van der Waals surface area (Å²) in [4.78, 5) is 29.2. The number of hydrogen-bond acceptors (Lipinski definition) is 5. The Morgan fingerprint density at radius 2 is 1.83 bits per heavy atom. The van der Waals surface area contributed by atoms with Crippen LogP contribution in [0.5, 0.6) is 0 Å². The molecule has 3 aromatic rings. The van der Waals surface area contributed by atoms with Crippen LogP contribution < -0.4 is 10.2 Å². The van der Waals surface area contributed by atoms with E-state index in [1.165, 1.54) is 17.0 Å². The third-order valence-electron chi connectivity index (χ3n) is 5.85. The Morgan fingerprint density at radius 3 is 2.50 bits per heavy atom. The second-order valence-corrected chi connectivity index (χ2v) is 8.70. The van der Waals surface area contributed by atoms with Gasteiger partial charge >= 0.3 is 12.2 Å². The summed E-state index contributed by atoms with van der Waals surface area (Å²) in [6, 6.07) is 6.30. The lowest BCUT2D eigenvalue weighted by Gasteiger charge is -2.25. The van der Waals surface area contributed by atoms with Gasteiger partial charge in [-0.25, -0.2) is 14.8 Å². The molecule has 36 heavy (non-hydrogen) atoms. The van der Waals surface area contributed by atoms with Crippen LogP contribution in [0, 0.1) is 5.92 Å². The zero-order valence-electron chi connectivity index (χ0n) is 21.3. The number of aromatic nitrogens is 4. The molecule has 0 bridgehead atoms. The first kappa shape index (κ1) is 27.0. The van der Waals surface area contributed by atoms with Gasteiger partial charge in [-0.3, -0.25) is 4.90 Å². The third kappa shape index (κ3) is 5.77. The van der Waals surface area contributed by atoms with Crippen molar-refractivity contribution in [3.8, 4) is 5.69 Å². The highest BCUT2D eigenvalue weighted by atomic mass is 19.4. The molecule has 1 fully saturated rings. The maximum atomic E-state index is 13.0. The fraction of sp³-hybridized carbons (Fsp3) is 0.440. The van der Waals surface area contributed by atoms with Crippen LogP contribution in [-0.2, 0) is 6.18 Å². The molecule has 0 unspecified atom stereocenters. The van der Waals surface area contributed by atoms with Crippen LogP contribution >= 0.6 is 0 Å². The van der Waals surface area contributed by atoms with E-state index in [1.807, 2.05) is 20.8 Å². The summed E-state index contributed by atoms with van der Waals surface area (Å²) in [7, 11) is 1.76. The molecule has 2 atom stereocenters. The molecule has 0 saturated carbocycles. The van der Waals surface area contributed by atoms with Crippen molar-refractivity contribution in [2.75, 3.05) is 23.8 Å². The molecule has 0 spiro atoms. The lowest BCUT2D eigenvalue weighted by atomic mass is 10.0. The van der Waals surface area contributed by atoms with Gasteiger partial charge in [0.1, 0.15) is 5.82 Å². The van der Waals surface area contributed by atoms with E-state index in [4.69, 9.17) is 0 Å². The number of imidazole rings is 1. The van der Waals surface area contributed by atoms with Crippen molar-refractivity contribution < 1.29 is 18.0 Å². The molecule has 1 saturated heterocycles. The number of hydrogen-bond donors (Lipinski definition) is 1. The average Bonchev–Trinajstić information content (AvgIpc) is 3.46. The molecule has 4 rings (SSSR count). The SMILES string of the molecule is CC.CC(C)[C@H]1CN(C)C(=O)N1c1ccnc(N[C@@H](C)c2cn(-c3cccc(C(F)(F)F)c3)cn2)n1. The largest absolute Gasteiger partial charge is 0.416 e. The number of nitrogens with one attached hydrogen (secondary N) is 1. The highest BCUT2D eigenvalue weighted by molar-refractivity contribution is 5.94. The summed E-state index contributed by atoms with van der Waals surface area (Å²) in [5.74, 6) is 1.08. The van der Waals surface area contributed by atoms with Gasteiger partial charge in [-0.15, -0.1) is 0 Å². The minimum atomic E-state index is -4.42. The van der Waals surface area contributed by atoms with E-state index in [-0.39, 0.29) is 24.0 Å². The molecule has 0 aliphatic carbocycles. The molecular weight excluding hydrogens is 471 g/mol. The maximum Gasteiger partial charge on any atom is 0.416 e. The standard InChI is InChI=1S/C23H26F3N7O.C2H6/c1-14(2)19-12-31(4)22(34)33(19)20-8-9-27-21(30-20)29-15(3)18-11-32(13-28-18)17-7-5-6-16(10-17)23(24,25)26;1-2/h5-11,13-15,19H,12H2,1-4H3,(H,27,29,30);1-2H3/t15-,19+;/m0./s1. The summed E-state index contributed by atoms with van der Waals surface area (Å²) in [6.45, 7) is 10.6. The summed E-state index contributed by atoms with van der Waals surface area (Å²) in [5.41, 5.74) is 0.234. The normalized spacial score (nSPS) is 16.7. The number of benzene rings is 1. The van der Waals surface area contributed by atoms with E-state index < -0.39 is 11.7 Å². The van der Waals surface area contributed by atoms with E-state index in [9.17, 15) is 18.0 Å². The lowest BCUT2D eigenvalue weighted by Crippen LogP contribution is -2.38. The molecule has 11 heteroatoms. The number of anilines is 2. The second-order valence-electron chi connectivity index (χ2n) is 8.70. The van der Waals surface area contributed by atoms with Gasteiger partial charge in [-0.1, -0.05) is 33.8 Å². The van der Waals surface area contributed by atoms with Gasteiger partial charge in [0.2, 0.25) is 5.95 Å². The van der Waals surface area contributed by atoms with Gasteiger partial charge in [-0.2, -0.15) is 18.2 Å². The van der Waals surface area contributed by atoms with E-state index in [0.29, 0.717) is 29.7 Å². The Bertz CT molecular complexity index is 1180. The van der Waals surface area contributed by atoms with Gasteiger partial charge in [0, 0.05) is 31.7 Å². The van der Waals surface area contributed by atoms with Gasteiger partial charge < -0.3 is 14.8 Å². The summed E-state index contributed by atoms with van der Waals surface area (Å²) >= 11 is 0. The van der Waals surface area contributed by atoms with Crippen molar-refractivity contribution in [2.24, 2.45) is 5.92 Å². The molecule has 2 aromatic heterocycles. The van der Waals surface area contributed by atoms with Crippen molar-refractivity contribution >= 4 is 17.8 Å². The predicted molar refractivity (Wildman–Crippen MR) is 133 cm³/mol. The van der Waals surface area contributed by atoms with Crippen LogP contribution in [0.1, 0.15) is 51.9 Å². The zero-order chi connectivity index (χ0) is 26.6. The van der Waals surface area contributed by atoms with E-state index in [0.717, 1.165) is 12.1 Å². The number of nitrogens with zero attached hydrogens (tertiary/aromatic N) is 6. The Balaban J connectivity index is 0.00000176. The fourth-order valence-electron chi connectivity index (χ4n) is 3.91. The van der Waals surface area contributed by atoms with Gasteiger partial charge in [-0.05, 0) is 37.1 Å². The number of alkyl halides is 3. The zero-order valence-corrected chi connectivity index (χ0v) is 21.3. The van der Waals surface area contributed by atoms with Gasteiger partial charge in [0.05, 0.1) is 29.7 Å². The summed E-state index contributed by atoms with van der Waals surface area (Å²) < 4.78 is 40.7. The van der Waals surface area contributed by atoms with Crippen LogP contribution in [0.4, 0.5) is 29.7 Å². The molecular formula is C25H32F3N7O. The Labute approximate surface area is 209 Å². The van der Waals surface area contributed by atoms with Crippen molar-refractivity contribution in [3.05, 3.63) is 60.3 Å². The number of carbonyl (C=O) groups is 1. The van der Waals surface area contributed by atoms with Crippen LogP contribution in [0.2, 0.25) is 0 Å². The molecule has 1 aromatic carbocycles. The number of urea groups is 1. The first-order chi connectivity index (χ1) is 17.0. The Hall–Kier alpha value is -3.63. The quantitative estimate of drug-likeness (QED) is 0.462. The average molecular weight is 504 g/mol. The fourth-order valence-corrected chi connectivity index (χ4v) is 3.91. The molecule has 3 heterocycles. The van der Waals surface area contributed by atoms with E-state index in [1.54, 1.807) is 41.4 Å². The van der Waals surface area contributed by atoms with Crippen molar-refractivity contribution in [3.63, 3.8) is 0 Å². The van der Waals surface area contributed by atoms with Crippen LogP contribution in [0.3, 0.4) is 0 Å². The minimum absolute atomic E-state index is 0.000772. The van der Waals surface area contributed by atoms with Gasteiger partial charge in [0.15, 0.2) is 0 Å². The van der Waals surface area contributed by atoms with Crippen molar-refractivity contribution in [1.29, 1.82) is 0 Å². The number of halogens is 3. The first-order valence-electron chi connectivity index (χ1n) is 11.9. The van der Waals surface area contributed by atoms with E-state index in [2.05, 4.69) is 34.1 Å². The highest BCUT2D eigenvalue weighted by Crippen LogP contribution is 2.31. The first-order valence-corrected chi connectivity index (χ1v) is 11.9. The smallest absolute Gasteiger partial charge is 0.346 e. The molecule has 1 aliphatic rings. The molecule has 0 radical (unpaired) electrons. The minimum Gasteiger partial charge on any atom is -0.346 e. The summed E-state index contributed by atoms with van der Waals surface area (Å²) in [5, 5.41) is 3.16. The number of carbonyl (C=O) groups excluding carboxylic acids is 1. The van der Waals surface area contributed by atoms with Crippen LogP contribution in [-0.4, -0.2) is 50.1 Å². The van der Waals surface area contributed by atoms with Gasteiger partial charge in [0.25, 0.3) is 0 Å². The molecule has 1 aliphatic heterocycles. The number of likely N-dealkylation sites (N-methyl/N-ethyl adjacent to an activating group) is 1. The third-order valence-corrected chi connectivity index (χ3v) is 5.85. The summed E-state index contributed by atoms with van der Waals surface area (Å²) in [6.07, 6.45) is 0.287. The topological polar surface area (TPSA) is 79.2 Å². The Morgan fingerprint density at radius 1 is 1.11 bits per heavy atom.